The second-order valence-corrected chi connectivity index (χ2v) is 9.28. The van der Waals surface area contributed by atoms with Gasteiger partial charge in [-0.1, -0.05) is 29.0 Å². The van der Waals surface area contributed by atoms with Crippen LogP contribution in [0, 0.1) is 0 Å². The zero-order valence-corrected chi connectivity index (χ0v) is 18.3. The van der Waals surface area contributed by atoms with Crippen LogP contribution < -0.4 is 5.32 Å². The molecule has 30 heavy (non-hydrogen) atoms. The van der Waals surface area contributed by atoms with Crippen LogP contribution in [0.1, 0.15) is 43.4 Å². The first-order valence-electron chi connectivity index (χ1n) is 9.39. The number of Topliss-reactive ketones (excluding diaryl/α,β-unsaturated/α-hetero) is 1. The molecule has 0 saturated heterocycles. The van der Waals surface area contributed by atoms with E-state index in [1.54, 1.807) is 35.2 Å². The van der Waals surface area contributed by atoms with Gasteiger partial charge in [0.25, 0.3) is 5.91 Å². The smallest absolute Gasteiger partial charge is 0.267 e. The van der Waals surface area contributed by atoms with E-state index in [4.69, 9.17) is 11.6 Å². The summed E-state index contributed by atoms with van der Waals surface area (Å²) in [6.07, 6.45) is 0.962. The molecule has 154 valence electrons. The van der Waals surface area contributed by atoms with Crippen LogP contribution in [0.2, 0.25) is 5.02 Å². The van der Waals surface area contributed by atoms with E-state index in [2.05, 4.69) is 10.3 Å². The Kier molecular flexibility index (Phi) is 6.26. The van der Waals surface area contributed by atoms with Crippen molar-refractivity contribution in [2.45, 2.75) is 25.8 Å². The molecule has 3 heterocycles. The number of amides is 2. The maximum atomic E-state index is 12.6. The number of anilines is 1. The molecule has 4 rings (SSSR count). The van der Waals surface area contributed by atoms with Crippen molar-refractivity contribution in [3.63, 3.8) is 0 Å². The number of carbonyl (C=O) groups excluding carboxylic acids is 3. The monoisotopic (exact) mass is 459 g/mol. The molecule has 0 bridgehead atoms. The lowest BCUT2D eigenvalue weighted by atomic mass is 10.1. The molecule has 0 fully saturated rings. The lowest BCUT2D eigenvalue weighted by Crippen LogP contribution is -2.35. The Balaban J connectivity index is 1.32. The third kappa shape index (κ3) is 4.77. The van der Waals surface area contributed by atoms with Crippen molar-refractivity contribution in [2.75, 3.05) is 11.9 Å². The van der Waals surface area contributed by atoms with Gasteiger partial charge in [-0.25, -0.2) is 4.98 Å². The Bertz CT molecular complexity index is 1080. The number of benzene rings is 1. The van der Waals surface area contributed by atoms with E-state index in [0.717, 1.165) is 10.6 Å². The molecule has 0 spiro atoms. The predicted octanol–water partition coefficient (Wildman–Crippen LogP) is 4.66. The number of hydrogen-bond donors (Lipinski definition) is 1. The van der Waals surface area contributed by atoms with Crippen molar-refractivity contribution >= 4 is 57.0 Å². The highest BCUT2D eigenvalue weighted by atomic mass is 35.5. The lowest BCUT2D eigenvalue weighted by Gasteiger charge is -2.26. The fourth-order valence-corrected chi connectivity index (χ4v) is 4.95. The Morgan fingerprint density at radius 3 is 2.67 bits per heavy atom. The second-order valence-electron chi connectivity index (χ2n) is 6.82. The molecule has 0 atom stereocenters. The number of thiophene rings is 1. The standard InChI is InChI=1S/C21H18ClN3O3S2/c22-14-5-3-13(4-6-14)16(26)7-8-19(27)25-10-9-15-18(12-25)30-21(23-15)24-20(28)17-2-1-11-29-17/h1-6,11H,7-10,12H2,(H,23,24,28). The van der Waals surface area contributed by atoms with Gasteiger partial charge in [0.05, 0.1) is 17.1 Å². The molecule has 9 heteroatoms. The molecule has 2 aromatic heterocycles. The Morgan fingerprint density at radius 2 is 1.93 bits per heavy atom. The second kappa shape index (κ2) is 9.07. The third-order valence-electron chi connectivity index (χ3n) is 4.78. The molecule has 0 aliphatic carbocycles. The fourth-order valence-electron chi connectivity index (χ4n) is 3.19. The van der Waals surface area contributed by atoms with Crippen LogP contribution in [-0.4, -0.2) is 34.0 Å². The highest BCUT2D eigenvalue weighted by molar-refractivity contribution is 7.16. The molecule has 1 aliphatic heterocycles. The van der Waals surface area contributed by atoms with Crippen LogP contribution in [0.15, 0.2) is 41.8 Å². The van der Waals surface area contributed by atoms with E-state index in [-0.39, 0.29) is 30.4 Å². The number of nitrogens with zero attached hydrogens (tertiary/aromatic N) is 2. The van der Waals surface area contributed by atoms with Crippen LogP contribution in [0.5, 0.6) is 0 Å². The maximum Gasteiger partial charge on any atom is 0.267 e. The summed E-state index contributed by atoms with van der Waals surface area (Å²) < 4.78 is 0. The number of fused-ring (bicyclic) bond motifs is 1. The largest absolute Gasteiger partial charge is 0.337 e. The summed E-state index contributed by atoms with van der Waals surface area (Å²) in [7, 11) is 0. The van der Waals surface area contributed by atoms with E-state index >= 15 is 0 Å². The Hall–Kier alpha value is -2.55. The van der Waals surface area contributed by atoms with Gasteiger partial charge in [0, 0.05) is 41.3 Å². The van der Waals surface area contributed by atoms with Crippen LogP contribution in [-0.2, 0) is 17.8 Å². The quantitative estimate of drug-likeness (QED) is 0.544. The number of nitrogens with one attached hydrogen (secondary N) is 1. The molecule has 1 aromatic carbocycles. The van der Waals surface area contributed by atoms with Gasteiger partial charge in [0.1, 0.15) is 0 Å². The molecule has 1 aliphatic rings. The summed E-state index contributed by atoms with van der Waals surface area (Å²) in [5.74, 6) is -0.306. The lowest BCUT2D eigenvalue weighted by molar-refractivity contribution is -0.132. The summed E-state index contributed by atoms with van der Waals surface area (Å²) in [6, 6.07) is 10.3. The molecule has 1 N–H and O–H groups in total. The first-order chi connectivity index (χ1) is 14.5. The minimum Gasteiger partial charge on any atom is -0.337 e. The van der Waals surface area contributed by atoms with Gasteiger partial charge in [-0.2, -0.15) is 0 Å². The van der Waals surface area contributed by atoms with E-state index in [0.29, 0.717) is 40.1 Å². The Labute approximate surface area is 186 Å². The van der Waals surface area contributed by atoms with Crippen molar-refractivity contribution in [1.29, 1.82) is 0 Å². The highest BCUT2D eigenvalue weighted by Crippen LogP contribution is 2.29. The van der Waals surface area contributed by atoms with Gasteiger partial charge in [-0.3, -0.25) is 19.7 Å². The van der Waals surface area contributed by atoms with Gasteiger partial charge in [0.15, 0.2) is 10.9 Å². The normalized spacial score (nSPS) is 13.0. The summed E-state index contributed by atoms with van der Waals surface area (Å²) in [6.45, 7) is 1.01. The van der Waals surface area contributed by atoms with Crippen molar-refractivity contribution in [3.8, 4) is 0 Å². The highest BCUT2D eigenvalue weighted by Gasteiger charge is 2.25. The minimum atomic E-state index is -0.176. The molecule has 0 saturated carbocycles. The van der Waals surface area contributed by atoms with Crippen LogP contribution in [0.3, 0.4) is 0 Å². The average molecular weight is 460 g/mol. The molecule has 2 amide bonds. The molecule has 3 aromatic rings. The number of hydrogen-bond acceptors (Lipinski definition) is 6. The zero-order chi connectivity index (χ0) is 21.1. The number of carbonyl (C=O) groups is 3. The first kappa shape index (κ1) is 20.7. The molecule has 6 nitrogen and oxygen atoms in total. The van der Waals surface area contributed by atoms with E-state index < -0.39 is 0 Å². The third-order valence-corrected chi connectivity index (χ3v) is 6.90. The van der Waals surface area contributed by atoms with E-state index in [9.17, 15) is 14.4 Å². The topological polar surface area (TPSA) is 79.4 Å². The number of ketones is 1. The number of rotatable bonds is 6. The minimum absolute atomic E-state index is 0.0551. The average Bonchev–Trinajstić information content (AvgIpc) is 3.41. The van der Waals surface area contributed by atoms with Crippen molar-refractivity contribution in [3.05, 3.63) is 67.8 Å². The zero-order valence-electron chi connectivity index (χ0n) is 15.9. The summed E-state index contributed by atoms with van der Waals surface area (Å²) in [4.78, 5) is 45.0. The molecule has 0 radical (unpaired) electrons. The van der Waals surface area contributed by atoms with Gasteiger partial charge < -0.3 is 4.90 Å². The molecular weight excluding hydrogens is 442 g/mol. The van der Waals surface area contributed by atoms with Crippen molar-refractivity contribution in [2.24, 2.45) is 0 Å². The molecular formula is C21H18ClN3O3S2. The van der Waals surface area contributed by atoms with E-state index in [1.807, 2.05) is 11.4 Å². The summed E-state index contributed by atoms with van der Waals surface area (Å²) in [5, 5.41) is 5.80. The van der Waals surface area contributed by atoms with Gasteiger partial charge in [-0.15, -0.1) is 11.3 Å². The van der Waals surface area contributed by atoms with Crippen molar-refractivity contribution in [1.82, 2.24) is 9.88 Å². The predicted molar refractivity (Wildman–Crippen MR) is 119 cm³/mol. The SMILES string of the molecule is O=C(CCC(=O)N1CCc2nc(NC(=O)c3cccs3)sc2C1)c1ccc(Cl)cc1. The van der Waals surface area contributed by atoms with E-state index in [1.165, 1.54) is 22.7 Å². The summed E-state index contributed by atoms with van der Waals surface area (Å²) in [5.41, 5.74) is 1.48. The van der Waals surface area contributed by atoms with Crippen LogP contribution >= 0.6 is 34.3 Å². The van der Waals surface area contributed by atoms with Crippen molar-refractivity contribution < 1.29 is 14.4 Å². The maximum absolute atomic E-state index is 12.6. The summed E-state index contributed by atoms with van der Waals surface area (Å²) >= 11 is 8.61. The number of aromatic nitrogens is 1. The number of thiazole rings is 1. The van der Waals surface area contributed by atoms with Gasteiger partial charge in [0.2, 0.25) is 5.91 Å². The fraction of sp³-hybridized carbons (Fsp3) is 0.238. The van der Waals surface area contributed by atoms with Gasteiger partial charge in [-0.05, 0) is 35.7 Å². The molecule has 0 unspecified atom stereocenters. The number of halogens is 1. The Morgan fingerprint density at radius 1 is 1.13 bits per heavy atom. The van der Waals surface area contributed by atoms with Crippen LogP contribution in [0.4, 0.5) is 5.13 Å². The van der Waals surface area contributed by atoms with Gasteiger partial charge >= 0.3 is 0 Å². The van der Waals surface area contributed by atoms with Crippen LogP contribution in [0.25, 0.3) is 0 Å². The first-order valence-corrected chi connectivity index (χ1v) is 11.5.